The fourth-order valence-electron chi connectivity index (χ4n) is 3.30. The second kappa shape index (κ2) is 4.77. The Morgan fingerprint density at radius 3 is 2.95 bits per heavy atom. The molecule has 5 heteroatoms. The Balaban J connectivity index is 1.79. The lowest BCUT2D eigenvalue weighted by atomic mass is 9.84. The van der Waals surface area contributed by atoms with E-state index < -0.39 is 6.98 Å². The first-order valence-electron chi connectivity index (χ1n) is 8.77. The van der Waals surface area contributed by atoms with Crippen LogP contribution in [0.3, 0.4) is 0 Å². The summed E-state index contributed by atoms with van der Waals surface area (Å²) in [6, 6.07) is 3.74. The Morgan fingerprint density at radius 1 is 1.29 bits per heavy atom. The Labute approximate surface area is 128 Å². The maximum Gasteiger partial charge on any atom is 0.160 e. The second-order valence-corrected chi connectivity index (χ2v) is 5.77. The number of aryl methyl sites for hydroxylation is 1. The van der Waals surface area contributed by atoms with Crippen LogP contribution in [0.15, 0.2) is 30.7 Å². The van der Waals surface area contributed by atoms with Crippen molar-refractivity contribution in [2.75, 3.05) is 25.0 Å². The molecule has 1 N–H and O–H groups in total. The molecule has 2 aromatic rings. The van der Waals surface area contributed by atoms with Gasteiger partial charge in [0.15, 0.2) is 5.82 Å². The second-order valence-electron chi connectivity index (χ2n) is 5.77. The van der Waals surface area contributed by atoms with E-state index in [1.54, 1.807) is 29.6 Å². The summed E-state index contributed by atoms with van der Waals surface area (Å²) < 4.78 is 24.1. The number of hydrogen-bond acceptors (Lipinski definition) is 5. The molecule has 1 atom stereocenters. The molecule has 1 unspecified atom stereocenters. The van der Waals surface area contributed by atoms with Gasteiger partial charge in [0, 0.05) is 41.8 Å². The van der Waals surface area contributed by atoms with E-state index in [0.29, 0.717) is 18.2 Å². The quantitative estimate of drug-likeness (QED) is 0.863. The molecule has 4 rings (SSSR count). The molecule has 2 aliphatic heterocycles. The van der Waals surface area contributed by atoms with E-state index in [2.05, 4.69) is 20.3 Å². The first-order valence-corrected chi connectivity index (χ1v) is 7.27. The number of fused-ring (bicyclic) bond motifs is 1. The molecule has 21 heavy (non-hydrogen) atoms. The summed E-state index contributed by atoms with van der Waals surface area (Å²) in [5, 5.41) is 3.31. The third kappa shape index (κ3) is 2.00. The van der Waals surface area contributed by atoms with E-state index in [4.69, 9.17) is 4.11 Å². The predicted octanol–water partition coefficient (Wildman–Crippen LogP) is 1.65. The zero-order valence-electron chi connectivity index (χ0n) is 14.7. The lowest BCUT2D eigenvalue weighted by Crippen LogP contribution is -2.51. The molecule has 0 saturated carbocycles. The molecule has 2 aromatic heterocycles. The van der Waals surface area contributed by atoms with Crippen LogP contribution in [0.5, 0.6) is 0 Å². The van der Waals surface area contributed by atoms with Crippen LogP contribution in [0.2, 0.25) is 0 Å². The first kappa shape index (κ1) is 9.84. The van der Waals surface area contributed by atoms with Gasteiger partial charge in [0.05, 0.1) is 5.54 Å². The van der Waals surface area contributed by atoms with Crippen molar-refractivity contribution in [3.63, 3.8) is 0 Å². The average Bonchev–Trinajstić information content (AvgIpc) is 3.02. The van der Waals surface area contributed by atoms with Gasteiger partial charge >= 0.3 is 0 Å². The zero-order chi connectivity index (χ0) is 16.8. The van der Waals surface area contributed by atoms with E-state index >= 15 is 0 Å². The number of rotatable bonds is 1. The van der Waals surface area contributed by atoms with Crippen LogP contribution in [-0.4, -0.2) is 40.6 Å². The smallest absolute Gasteiger partial charge is 0.160 e. The highest BCUT2D eigenvalue weighted by molar-refractivity contribution is 5.62. The van der Waals surface area contributed by atoms with E-state index in [9.17, 15) is 0 Å². The summed E-state index contributed by atoms with van der Waals surface area (Å²) in [7, 11) is 0. The summed E-state index contributed by atoms with van der Waals surface area (Å²) in [5.74, 6) is 1.18. The summed E-state index contributed by atoms with van der Waals surface area (Å²) in [5.41, 5.74) is 1.41. The van der Waals surface area contributed by atoms with Gasteiger partial charge in [-0.05, 0) is 43.5 Å². The van der Waals surface area contributed by atoms with Crippen LogP contribution >= 0.6 is 0 Å². The minimum atomic E-state index is -2.21. The van der Waals surface area contributed by atoms with Crippen molar-refractivity contribution in [1.82, 2.24) is 20.3 Å². The SMILES string of the molecule is [2H]C([2H])([2H])N1c2ncc(-c3ncccn3)cc2CCC12CCNC2. The zero-order valence-corrected chi connectivity index (χ0v) is 11.7. The highest BCUT2D eigenvalue weighted by Gasteiger charge is 2.41. The fourth-order valence-corrected chi connectivity index (χ4v) is 3.30. The Bertz CT molecular complexity index is 741. The van der Waals surface area contributed by atoms with Crippen molar-refractivity contribution in [3.8, 4) is 11.4 Å². The number of nitrogens with one attached hydrogen (secondary N) is 1. The van der Waals surface area contributed by atoms with Crippen molar-refractivity contribution < 1.29 is 4.11 Å². The highest BCUT2D eigenvalue weighted by atomic mass is 15.3. The number of nitrogens with zero attached hydrogens (tertiary/aromatic N) is 4. The molecule has 5 nitrogen and oxygen atoms in total. The van der Waals surface area contributed by atoms with Gasteiger partial charge in [-0.25, -0.2) is 15.0 Å². The molecule has 0 bridgehead atoms. The Hall–Kier alpha value is -2.01. The van der Waals surface area contributed by atoms with Crippen LogP contribution < -0.4 is 10.2 Å². The molecule has 108 valence electrons. The van der Waals surface area contributed by atoms with Gasteiger partial charge in [-0.2, -0.15) is 0 Å². The van der Waals surface area contributed by atoms with Gasteiger partial charge in [-0.15, -0.1) is 0 Å². The molecule has 4 heterocycles. The topological polar surface area (TPSA) is 53.9 Å². The van der Waals surface area contributed by atoms with Gasteiger partial charge < -0.3 is 10.2 Å². The average molecular weight is 284 g/mol. The molecule has 1 fully saturated rings. The van der Waals surface area contributed by atoms with Crippen molar-refractivity contribution in [3.05, 3.63) is 36.3 Å². The Morgan fingerprint density at radius 2 is 2.19 bits per heavy atom. The maximum absolute atomic E-state index is 8.03. The molecular formula is C16H19N5. The number of anilines is 1. The monoisotopic (exact) mass is 284 g/mol. The minimum Gasteiger partial charge on any atom is -0.352 e. The van der Waals surface area contributed by atoms with Crippen molar-refractivity contribution in [2.24, 2.45) is 0 Å². The lowest BCUT2D eigenvalue weighted by molar-refractivity contribution is 0.389. The van der Waals surface area contributed by atoms with Crippen molar-refractivity contribution in [1.29, 1.82) is 0 Å². The van der Waals surface area contributed by atoms with Gasteiger partial charge in [-0.1, -0.05) is 0 Å². The summed E-state index contributed by atoms with van der Waals surface area (Å²) in [6.45, 7) is -0.674. The fraction of sp³-hybridized carbons (Fsp3) is 0.438. The molecule has 0 aliphatic carbocycles. The van der Waals surface area contributed by atoms with Crippen molar-refractivity contribution >= 4 is 5.82 Å². The predicted molar refractivity (Wildman–Crippen MR) is 82.2 cm³/mol. The van der Waals surface area contributed by atoms with Crippen LogP contribution in [0.1, 0.15) is 22.5 Å². The van der Waals surface area contributed by atoms with Gasteiger partial charge in [0.1, 0.15) is 5.82 Å². The highest BCUT2D eigenvalue weighted by Crippen LogP contribution is 2.38. The third-order valence-electron chi connectivity index (χ3n) is 4.53. The minimum absolute atomic E-state index is 0.365. The first-order chi connectivity index (χ1) is 11.5. The van der Waals surface area contributed by atoms with Crippen LogP contribution in [0.4, 0.5) is 5.82 Å². The lowest BCUT2D eigenvalue weighted by Gasteiger charge is -2.43. The molecular weight excluding hydrogens is 262 g/mol. The van der Waals surface area contributed by atoms with Gasteiger partial charge in [-0.3, -0.25) is 0 Å². The van der Waals surface area contributed by atoms with Gasteiger partial charge in [0.2, 0.25) is 0 Å². The number of aromatic nitrogens is 3. The summed E-state index contributed by atoms with van der Waals surface area (Å²) >= 11 is 0. The molecule has 1 spiro atoms. The molecule has 2 aliphatic rings. The van der Waals surface area contributed by atoms with E-state index in [-0.39, 0.29) is 5.54 Å². The normalized spacial score (nSPS) is 27.0. The molecule has 1 saturated heterocycles. The number of likely N-dealkylation sites (N-methyl/N-ethyl adjacent to an activating group) is 1. The summed E-state index contributed by atoms with van der Waals surface area (Å²) in [6.07, 6.45) is 7.51. The largest absolute Gasteiger partial charge is 0.352 e. The van der Waals surface area contributed by atoms with Crippen LogP contribution in [-0.2, 0) is 6.42 Å². The molecule has 0 radical (unpaired) electrons. The van der Waals surface area contributed by atoms with Crippen LogP contribution in [0, 0.1) is 0 Å². The summed E-state index contributed by atoms with van der Waals surface area (Å²) in [4.78, 5) is 14.6. The van der Waals surface area contributed by atoms with Gasteiger partial charge in [0.25, 0.3) is 0 Å². The van der Waals surface area contributed by atoms with E-state index in [0.717, 1.165) is 36.9 Å². The van der Waals surface area contributed by atoms with E-state index in [1.807, 2.05) is 6.07 Å². The molecule has 0 aromatic carbocycles. The Kier molecular flexibility index (Phi) is 2.24. The van der Waals surface area contributed by atoms with E-state index in [1.165, 1.54) is 0 Å². The maximum atomic E-state index is 8.03. The molecule has 0 amide bonds. The number of hydrogen-bond donors (Lipinski definition) is 1. The standard InChI is InChI=1S/C16H19N5/c1-21-15-12(3-4-16(21)5-8-17-11-16)9-13(10-20-15)14-18-6-2-7-19-14/h2,6-7,9-10,17H,3-5,8,11H2,1H3/i1D3. The number of pyridine rings is 1. The third-order valence-corrected chi connectivity index (χ3v) is 4.53. The van der Waals surface area contributed by atoms with Crippen molar-refractivity contribution in [2.45, 2.75) is 24.8 Å². The van der Waals surface area contributed by atoms with Crippen LogP contribution in [0.25, 0.3) is 11.4 Å².